The average Bonchev–Trinajstić information content (AvgIpc) is 2.16. The van der Waals surface area contributed by atoms with E-state index in [9.17, 15) is 9.18 Å². The lowest BCUT2D eigenvalue weighted by molar-refractivity contribution is -0.131. The molecule has 2 N–H and O–H groups in total. The van der Waals surface area contributed by atoms with E-state index in [0.717, 1.165) is 0 Å². The quantitative estimate of drug-likeness (QED) is 0.538. The highest BCUT2D eigenvalue weighted by Gasteiger charge is 2.04. The first-order valence-corrected chi connectivity index (χ1v) is 3.54. The predicted octanol–water partition coefficient (Wildman–Crippen LogP) is 0.710. The number of amides is 1. The maximum Gasteiger partial charge on any atom is 0.281 e. The van der Waals surface area contributed by atoms with Crippen molar-refractivity contribution in [3.8, 4) is 5.75 Å². The first-order valence-electron chi connectivity index (χ1n) is 3.54. The predicted molar refractivity (Wildman–Crippen MR) is 41.8 cm³/mol. The third-order valence-corrected chi connectivity index (χ3v) is 1.32. The second kappa shape index (κ2) is 4.42. The van der Waals surface area contributed by atoms with Crippen LogP contribution in [0.2, 0.25) is 0 Å². The van der Waals surface area contributed by atoms with Gasteiger partial charge in [-0.1, -0.05) is 12.1 Å². The van der Waals surface area contributed by atoms with Gasteiger partial charge in [-0.15, -0.1) is 0 Å². The highest BCUT2D eigenvalue weighted by Crippen LogP contribution is 2.14. The summed E-state index contributed by atoms with van der Waals surface area (Å²) in [6.07, 6.45) is 0. The van der Waals surface area contributed by atoms with Crippen molar-refractivity contribution in [3.63, 3.8) is 0 Å². The first kappa shape index (κ1) is 9.47. The van der Waals surface area contributed by atoms with Crippen molar-refractivity contribution in [2.75, 3.05) is 6.61 Å². The number of ether oxygens (including phenoxy) is 1. The number of carbonyl (C=O) groups excluding carboxylic acids is 1. The molecule has 5 heteroatoms. The summed E-state index contributed by atoms with van der Waals surface area (Å²) in [6.45, 7) is -0.419. The number of para-hydroxylation sites is 1. The van der Waals surface area contributed by atoms with Crippen molar-refractivity contribution < 1.29 is 19.1 Å². The summed E-state index contributed by atoms with van der Waals surface area (Å²) in [6, 6.07) is 5.69. The number of hydrogen-bond acceptors (Lipinski definition) is 3. The Balaban J connectivity index is 2.54. The topological polar surface area (TPSA) is 58.6 Å². The summed E-state index contributed by atoms with van der Waals surface area (Å²) in [5, 5.41) is 8.11. The summed E-state index contributed by atoms with van der Waals surface area (Å²) in [5.74, 6) is -1.30. The average molecular weight is 185 g/mol. The summed E-state index contributed by atoms with van der Waals surface area (Å²) < 4.78 is 17.6. The molecule has 1 rings (SSSR count). The van der Waals surface area contributed by atoms with Crippen LogP contribution in [-0.2, 0) is 4.79 Å². The molecule has 0 spiro atoms. The molecule has 0 bridgehead atoms. The zero-order valence-electron chi connectivity index (χ0n) is 6.66. The molecule has 0 saturated heterocycles. The third kappa shape index (κ3) is 2.72. The number of nitrogens with one attached hydrogen (secondary N) is 1. The van der Waals surface area contributed by atoms with Gasteiger partial charge in [0.05, 0.1) is 0 Å². The lowest BCUT2D eigenvalue weighted by atomic mass is 10.3. The van der Waals surface area contributed by atoms with Gasteiger partial charge >= 0.3 is 0 Å². The second-order valence-corrected chi connectivity index (χ2v) is 2.25. The van der Waals surface area contributed by atoms with Crippen molar-refractivity contribution in [2.24, 2.45) is 0 Å². The Morgan fingerprint density at radius 1 is 1.54 bits per heavy atom. The summed E-state index contributed by atoms with van der Waals surface area (Å²) in [4.78, 5) is 10.5. The SMILES string of the molecule is O=C(COc1ccccc1F)NO. The van der Waals surface area contributed by atoms with Gasteiger partial charge in [0.1, 0.15) is 0 Å². The molecule has 0 radical (unpaired) electrons. The Labute approximate surface area is 73.9 Å². The maximum atomic E-state index is 12.8. The van der Waals surface area contributed by atoms with Crippen molar-refractivity contribution in [1.29, 1.82) is 0 Å². The van der Waals surface area contributed by atoms with Crippen LogP contribution in [0.5, 0.6) is 5.75 Å². The third-order valence-electron chi connectivity index (χ3n) is 1.32. The van der Waals surface area contributed by atoms with Gasteiger partial charge in [0.25, 0.3) is 5.91 Å². The summed E-state index contributed by atoms with van der Waals surface area (Å²) >= 11 is 0. The molecule has 0 atom stereocenters. The molecule has 0 heterocycles. The largest absolute Gasteiger partial charge is 0.481 e. The van der Waals surface area contributed by atoms with Crippen LogP contribution in [0.15, 0.2) is 24.3 Å². The van der Waals surface area contributed by atoms with E-state index in [1.807, 2.05) is 0 Å². The Hall–Kier alpha value is -1.62. The second-order valence-electron chi connectivity index (χ2n) is 2.25. The fraction of sp³-hybridized carbons (Fsp3) is 0.125. The van der Waals surface area contributed by atoms with Crippen LogP contribution in [-0.4, -0.2) is 17.7 Å². The number of rotatable bonds is 3. The van der Waals surface area contributed by atoms with E-state index >= 15 is 0 Å². The van der Waals surface area contributed by atoms with Crippen LogP contribution in [0.3, 0.4) is 0 Å². The van der Waals surface area contributed by atoms with Crippen molar-refractivity contribution >= 4 is 5.91 Å². The summed E-state index contributed by atoms with van der Waals surface area (Å²) in [7, 11) is 0. The molecule has 0 aromatic heterocycles. The smallest absolute Gasteiger partial charge is 0.281 e. The van der Waals surface area contributed by atoms with E-state index in [-0.39, 0.29) is 5.75 Å². The summed E-state index contributed by atoms with van der Waals surface area (Å²) in [5.41, 5.74) is 1.37. The zero-order valence-corrected chi connectivity index (χ0v) is 6.66. The molecule has 1 aromatic carbocycles. The van der Waals surface area contributed by atoms with Crippen LogP contribution in [0.25, 0.3) is 0 Å². The Morgan fingerprint density at radius 3 is 2.85 bits per heavy atom. The number of hydroxylamine groups is 1. The molecule has 0 aliphatic rings. The Morgan fingerprint density at radius 2 is 2.23 bits per heavy atom. The van der Waals surface area contributed by atoms with Gasteiger partial charge in [-0.05, 0) is 12.1 Å². The van der Waals surface area contributed by atoms with Crippen molar-refractivity contribution in [1.82, 2.24) is 5.48 Å². The molecule has 0 unspecified atom stereocenters. The fourth-order valence-corrected chi connectivity index (χ4v) is 0.737. The van der Waals surface area contributed by atoms with E-state index in [1.165, 1.54) is 23.7 Å². The minimum Gasteiger partial charge on any atom is -0.481 e. The highest BCUT2D eigenvalue weighted by molar-refractivity contribution is 5.76. The van der Waals surface area contributed by atoms with Crippen LogP contribution in [0, 0.1) is 5.82 Å². The molecule has 0 aliphatic carbocycles. The van der Waals surface area contributed by atoms with Gasteiger partial charge in [-0.2, -0.15) is 0 Å². The first-order chi connectivity index (χ1) is 6.24. The fourth-order valence-electron chi connectivity index (χ4n) is 0.737. The molecule has 1 amide bonds. The van der Waals surface area contributed by atoms with Gasteiger partial charge in [0, 0.05) is 0 Å². The van der Waals surface area contributed by atoms with E-state index in [1.54, 1.807) is 6.07 Å². The molecule has 4 nitrogen and oxygen atoms in total. The lowest BCUT2D eigenvalue weighted by Gasteiger charge is -2.04. The van der Waals surface area contributed by atoms with E-state index < -0.39 is 18.3 Å². The normalized spacial score (nSPS) is 9.38. The van der Waals surface area contributed by atoms with Crippen LogP contribution < -0.4 is 10.2 Å². The molecule has 0 aliphatic heterocycles. The maximum absolute atomic E-state index is 12.8. The van der Waals surface area contributed by atoms with Gasteiger partial charge in [-0.25, -0.2) is 9.87 Å². The van der Waals surface area contributed by atoms with E-state index in [4.69, 9.17) is 9.94 Å². The monoisotopic (exact) mass is 185 g/mol. The minimum absolute atomic E-state index is 0.0221. The molecule has 1 aromatic rings. The molecule has 13 heavy (non-hydrogen) atoms. The Kier molecular flexibility index (Phi) is 3.22. The van der Waals surface area contributed by atoms with E-state index in [0.29, 0.717) is 0 Å². The van der Waals surface area contributed by atoms with Crippen molar-refractivity contribution in [3.05, 3.63) is 30.1 Å². The molecule has 0 saturated carbocycles. The molecular weight excluding hydrogens is 177 g/mol. The van der Waals surface area contributed by atoms with Crippen LogP contribution in [0.4, 0.5) is 4.39 Å². The van der Waals surface area contributed by atoms with Crippen LogP contribution in [0.1, 0.15) is 0 Å². The molecule has 0 fully saturated rings. The molecular formula is C8H8FNO3. The van der Waals surface area contributed by atoms with Gasteiger partial charge in [-0.3, -0.25) is 10.0 Å². The number of halogens is 1. The number of benzene rings is 1. The van der Waals surface area contributed by atoms with Gasteiger partial charge in [0.15, 0.2) is 18.2 Å². The molecule has 70 valence electrons. The van der Waals surface area contributed by atoms with Gasteiger partial charge in [0.2, 0.25) is 0 Å². The van der Waals surface area contributed by atoms with Crippen molar-refractivity contribution in [2.45, 2.75) is 0 Å². The minimum atomic E-state index is -0.733. The number of carbonyl (C=O) groups is 1. The number of hydrogen-bond donors (Lipinski definition) is 2. The van der Waals surface area contributed by atoms with Crippen LogP contribution >= 0.6 is 0 Å². The van der Waals surface area contributed by atoms with Gasteiger partial charge < -0.3 is 4.74 Å². The van der Waals surface area contributed by atoms with E-state index in [2.05, 4.69) is 0 Å². The Bertz CT molecular complexity index is 303. The highest BCUT2D eigenvalue weighted by atomic mass is 19.1. The zero-order chi connectivity index (χ0) is 9.68. The lowest BCUT2D eigenvalue weighted by Crippen LogP contribution is -2.25. The standard InChI is InChI=1S/C8H8FNO3/c9-6-3-1-2-4-7(6)13-5-8(11)10-12/h1-4,12H,5H2,(H,10,11).